The summed E-state index contributed by atoms with van der Waals surface area (Å²) < 4.78 is 0. The van der Waals surface area contributed by atoms with Gasteiger partial charge in [0.15, 0.2) is 0 Å². The molecule has 4 heteroatoms. The van der Waals surface area contributed by atoms with Crippen LogP contribution in [0.5, 0.6) is 0 Å². The van der Waals surface area contributed by atoms with Crippen molar-refractivity contribution in [3.05, 3.63) is 35.4 Å². The number of carbonyl (C=O) groups is 1. The second kappa shape index (κ2) is 4.97. The molecule has 2 heterocycles. The van der Waals surface area contributed by atoms with E-state index in [0.717, 1.165) is 31.5 Å². The molecule has 2 aliphatic rings. The minimum atomic E-state index is 0.194. The molecule has 0 spiro atoms. The molecule has 18 heavy (non-hydrogen) atoms. The highest BCUT2D eigenvalue weighted by atomic mass is 79.9. The zero-order chi connectivity index (χ0) is 12.7. The maximum absolute atomic E-state index is 12.5. The standard InChI is InChI=1S/C14H15Br2NO/c15-12-7-9-5-6-17(8-13(12)16)14(18)11-4-2-1-3-10(9)11/h1-4,9,12-13H,5-8H2/t9?,12-,13+/m1/s1. The van der Waals surface area contributed by atoms with Gasteiger partial charge < -0.3 is 4.90 Å². The first-order valence-corrected chi connectivity index (χ1v) is 8.16. The molecule has 2 bridgehead atoms. The van der Waals surface area contributed by atoms with E-state index in [0.29, 0.717) is 15.6 Å². The van der Waals surface area contributed by atoms with Gasteiger partial charge in [0.25, 0.3) is 5.91 Å². The van der Waals surface area contributed by atoms with Gasteiger partial charge in [-0.2, -0.15) is 0 Å². The molecular formula is C14H15Br2NO. The lowest BCUT2D eigenvalue weighted by atomic mass is 9.88. The molecule has 1 unspecified atom stereocenters. The fourth-order valence-corrected chi connectivity index (χ4v) is 4.13. The van der Waals surface area contributed by atoms with Gasteiger partial charge in [0.05, 0.1) is 0 Å². The average molecular weight is 373 g/mol. The number of fused-ring (bicyclic) bond motifs is 5. The van der Waals surface area contributed by atoms with E-state index < -0.39 is 0 Å². The Morgan fingerprint density at radius 1 is 1.17 bits per heavy atom. The number of halogens is 2. The smallest absolute Gasteiger partial charge is 0.254 e. The zero-order valence-corrected chi connectivity index (χ0v) is 13.2. The third-order valence-electron chi connectivity index (χ3n) is 3.96. The van der Waals surface area contributed by atoms with E-state index in [2.05, 4.69) is 37.9 Å². The Morgan fingerprint density at radius 3 is 2.78 bits per heavy atom. The summed E-state index contributed by atoms with van der Waals surface area (Å²) in [5.74, 6) is 0.680. The number of carbonyl (C=O) groups excluding carboxylic acids is 1. The number of rotatable bonds is 0. The van der Waals surface area contributed by atoms with Crippen LogP contribution in [0.25, 0.3) is 0 Å². The van der Waals surface area contributed by atoms with Gasteiger partial charge in [0, 0.05) is 28.3 Å². The Bertz CT molecular complexity index is 477. The summed E-state index contributed by atoms with van der Waals surface area (Å²) in [6.45, 7) is 1.66. The Morgan fingerprint density at radius 2 is 1.94 bits per heavy atom. The Hall–Kier alpha value is -0.350. The first-order chi connectivity index (χ1) is 8.66. The Balaban J connectivity index is 2.09. The van der Waals surface area contributed by atoms with Gasteiger partial charge in [-0.1, -0.05) is 50.1 Å². The molecule has 3 rings (SSSR count). The minimum absolute atomic E-state index is 0.194. The highest BCUT2D eigenvalue weighted by molar-refractivity contribution is 9.12. The van der Waals surface area contributed by atoms with Gasteiger partial charge in [-0.25, -0.2) is 0 Å². The average Bonchev–Trinajstić information content (AvgIpc) is 2.48. The molecule has 96 valence electrons. The Kier molecular flexibility index (Phi) is 3.50. The van der Waals surface area contributed by atoms with E-state index in [-0.39, 0.29) is 5.91 Å². The highest BCUT2D eigenvalue weighted by Gasteiger charge is 2.34. The summed E-state index contributed by atoms with van der Waals surface area (Å²) in [5.41, 5.74) is 2.14. The lowest BCUT2D eigenvalue weighted by molar-refractivity contribution is 0.0756. The molecular weight excluding hydrogens is 358 g/mol. The number of alkyl halides is 2. The van der Waals surface area contributed by atoms with Crippen LogP contribution in [0.1, 0.15) is 34.7 Å². The van der Waals surface area contributed by atoms with Crippen LogP contribution in [0.2, 0.25) is 0 Å². The van der Waals surface area contributed by atoms with Crippen molar-refractivity contribution in [2.45, 2.75) is 28.4 Å². The number of nitrogens with zero attached hydrogens (tertiary/aromatic N) is 1. The second-order valence-electron chi connectivity index (χ2n) is 5.09. The second-order valence-corrected chi connectivity index (χ2v) is 7.44. The minimum Gasteiger partial charge on any atom is -0.337 e. The van der Waals surface area contributed by atoms with Gasteiger partial charge in [-0.3, -0.25) is 4.79 Å². The van der Waals surface area contributed by atoms with E-state index in [9.17, 15) is 4.79 Å². The molecule has 2 nitrogen and oxygen atoms in total. The molecule has 3 atom stereocenters. The van der Waals surface area contributed by atoms with Crippen molar-refractivity contribution in [2.24, 2.45) is 0 Å². The van der Waals surface area contributed by atoms with Crippen LogP contribution in [0, 0.1) is 0 Å². The molecule has 0 aromatic heterocycles. The topological polar surface area (TPSA) is 20.3 Å². The predicted molar refractivity (Wildman–Crippen MR) is 79.8 cm³/mol. The Labute approximate surface area is 124 Å². The van der Waals surface area contributed by atoms with Crippen molar-refractivity contribution in [3.8, 4) is 0 Å². The third-order valence-corrected chi connectivity index (χ3v) is 6.61. The molecule has 0 N–H and O–H groups in total. The van der Waals surface area contributed by atoms with Crippen LogP contribution >= 0.6 is 31.9 Å². The van der Waals surface area contributed by atoms with E-state index in [1.807, 2.05) is 23.1 Å². The van der Waals surface area contributed by atoms with Crippen LogP contribution in [-0.2, 0) is 0 Å². The van der Waals surface area contributed by atoms with Gasteiger partial charge in [-0.15, -0.1) is 0 Å². The summed E-state index contributed by atoms with van der Waals surface area (Å²) in [6, 6.07) is 8.10. The largest absolute Gasteiger partial charge is 0.337 e. The predicted octanol–water partition coefficient (Wildman–Crippen LogP) is 3.55. The van der Waals surface area contributed by atoms with Gasteiger partial charge in [-0.05, 0) is 30.4 Å². The molecule has 0 saturated carbocycles. The summed E-state index contributed by atoms with van der Waals surface area (Å²) in [5, 5.41) is 0. The van der Waals surface area contributed by atoms with Crippen LogP contribution in [0.15, 0.2) is 24.3 Å². The quantitative estimate of drug-likeness (QED) is 0.638. The molecule has 1 aromatic carbocycles. The van der Waals surface area contributed by atoms with Gasteiger partial charge >= 0.3 is 0 Å². The molecule has 1 fully saturated rings. The van der Waals surface area contributed by atoms with E-state index >= 15 is 0 Å². The maximum atomic E-state index is 12.5. The van der Waals surface area contributed by atoms with E-state index in [4.69, 9.17) is 0 Å². The number of amides is 1. The number of benzene rings is 1. The van der Waals surface area contributed by atoms with Crippen LogP contribution in [0.4, 0.5) is 0 Å². The van der Waals surface area contributed by atoms with Crippen LogP contribution < -0.4 is 0 Å². The number of hydrogen-bond acceptors (Lipinski definition) is 1. The molecule has 1 aromatic rings. The zero-order valence-electron chi connectivity index (χ0n) is 9.98. The van der Waals surface area contributed by atoms with Crippen LogP contribution in [0.3, 0.4) is 0 Å². The molecule has 0 radical (unpaired) electrons. The lowest BCUT2D eigenvalue weighted by Gasteiger charge is -2.30. The van der Waals surface area contributed by atoms with E-state index in [1.165, 1.54) is 5.56 Å². The van der Waals surface area contributed by atoms with Crippen molar-refractivity contribution < 1.29 is 4.79 Å². The van der Waals surface area contributed by atoms with Gasteiger partial charge in [0.2, 0.25) is 0 Å². The summed E-state index contributed by atoms with van der Waals surface area (Å²) in [7, 11) is 0. The third kappa shape index (κ3) is 2.14. The normalized spacial score (nSPS) is 31.6. The fourth-order valence-electron chi connectivity index (χ4n) is 2.95. The summed E-state index contributed by atoms with van der Waals surface area (Å²) in [6.07, 6.45) is 2.17. The van der Waals surface area contributed by atoms with Crippen molar-refractivity contribution in [3.63, 3.8) is 0 Å². The molecule has 0 aliphatic carbocycles. The number of hydrogen-bond donors (Lipinski definition) is 0. The van der Waals surface area contributed by atoms with Crippen molar-refractivity contribution in [1.82, 2.24) is 4.90 Å². The monoisotopic (exact) mass is 371 g/mol. The maximum Gasteiger partial charge on any atom is 0.254 e. The van der Waals surface area contributed by atoms with Crippen molar-refractivity contribution in [1.29, 1.82) is 0 Å². The van der Waals surface area contributed by atoms with Crippen molar-refractivity contribution >= 4 is 37.8 Å². The molecule has 1 saturated heterocycles. The SMILES string of the molecule is O=C1c2ccccc2C2CCN1C[C@H](Br)[C@H](Br)C2. The molecule has 2 aliphatic heterocycles. The van der Waals surface area contributed by atoms with Crippen molar-refractivity contribution in [2.75, 3.05) is 13.1 Å². The summed E-state index contributed by atoms with van der Waals surface area (Å²) >= 11 is 7.47. The van der Waals surface area contributed by atoms with Crippen LogP contribution in [-0.4, -0.2) is 33.6 Å². The first-order valence-electron chi connectivity index (χ1n) is 6.33. The molecule has 1 amide bonds. The highest BCUT2D eigenvalue weighted by Crippen LogP contribution is 2.37. The fraction of sp³-hybridized carbons (Fsp3) is 0.500. The van der Waals surface area contributed by atoms with Gasteiger partial charge in [0.1, 0.15) is 0 Å². The summed E-state index contributed by atoms with van der Waals surface area (Å²) in [4.78, 5) is 15.3. The van der Waals surface area contributed by atoms with E-state index in [1.54, 1.807) is 0 Å². The lowest BCUT2D eigenvalue weighted by Crippen LogP contribution is -2.39. The first kappa shape index (κ1) is 12.7.